The van der Waals surface area contributed by atoms with Crippen molar-refractivity contribution in [2.24, 2.45) is 0 Å². The summed E-state index contributed by atoms with van der Waals surface area (Å²) in [6, 6.07) is 16.6. The highest BCUT2D eigenvalue weighted by Gasteiger charge is 2.44. The lowest BCUT2D eigenvalue weighted by atomic mass is 9.95. The molecule has 0 aliphatic carbocycles. The van der Waals surface area contributed by atoms with Gasteiger partial charge in [-0.1, -0.05) is 36.4 Å². The molecule has 2 bridgehead atoms. The van der Waals surface area contributed by atoms with Gasteiger partial charge in [-0.3, -0.25) is 9.88 Å². The van der Waals surface area contributed by atoms with E-state index in [0.717, 1.165) is 52.2 Å². The molecular formula is C23H19N3O2. The number of aromatic nitrogens is 2. The Balaban J connectivity index is 1.56. The maximum absolute atomic E-state index is 11.8. The summed E-state index contributed by atoms with van der Waals surface area (Å²) in [5.74, 6) is 0. The molecule has 6 rings (SSSR count). The summed E-state index contributed by atoms with van der Waals surface area (Å²) >= 11 is 0. The Kier molecular flexibility index (Phi) is 3.13. The molecule has 2 aromatic carbocycles. The number of amides is 1. The second kappa shape index (κ2) is 5.58. The molecule has 5 heteroatoms. The molecule has 2 N–H and O–H groups in total. The van der Waals surface area contributed by atoms with E-state index in [1.807, 2.05) is 24.4 Å². The minimum absolute atomic E-state index is 0.0371. The molecule has 0 saturated carbocycles. The lowest BCUT2D eigenvalue weighted by molar-refractivity contribution is 0.117. The lowest BCUT2D eigenvalue weighted by Gasteiger charge is -2.32. The average Bonchev–Trinajstić information content (AvgIpc) is 3.24. The van der Waals surface area contributed by atoms with Crippen LogP contribution in [0.4, 0.5) is 4.79 Å². The van der Waals surface area contributed by atoms with Crippen molar-refractivity contribution in [3.63, 3.8) is 0 Å². The molecule has 1 amide bonds. The minimum atomic E-state index is -0.803. The topological polar surface area (TPSA) is 69.2 Å². The van der Waals surface area contributed by atoms with Crippen LogP contribution in [0.3, 0.4) is 0 Å². The fourth-order valence-corrected chi connectivity index (χ4v) is 5.18. The molecule has 0 spiro atoms. The summed E-state index contributed by atoms with van der Waals surface area (Å²) in [5.41, 5.74) is 6.62. The van der Waals surface area contributed by atoms with Gasteiger partial charge in [0.2, 0.25) is 0 Å². The highest BCUT2D eigenvalue weighted by molar-refractivity contribution is 5.99. The Morgan fingerprint density at radius 1 is 1.14 bits per heavy atom. The summed E-state index contributed by atoms with van der Waals surface area (Å²) < 4.78 is 0. The minimum Gasteiger partial charge on any atom is -0.465 e. The molecule has 2 unspecified atom stereocenters. The van der Waals surface area contributed by atoms with Crippen LogP contribution in [0.1, 0.15) is 30.1 Å². The number of fused-ring (bicyclic) bond motifs is 7. The van der Waals surface area contributed by atoms with E-state index in [1.54, 1.807) is 4.90 Å². The number of nitrogens with one attached hydrogen (secondary N) is 1. The van der Waals surface area contributed by atoms with E-state index < -0.39 is 6.09 Å². The van der Waals surface area contributed by atoms with Gasteiger partial charge in [0, 0.05) is 51.8 Å². The van der Waals surface area contributed by atoms with E-state index in [9.17, 15) is 9.90 Å². The van der Waals surface area contributed by atoms with Crippen molar-refractivity contribution in [2.75, 3.05) is 0 Å². The number of nitrogens with zero attached hydrogens (tertiary/aromatic N) is 2. The number of pyridine rings is 1. The zero-order valence-electron chi connectivity index (χ0n) is 15.2. The van der Waals surface area contributed by atoms with Crippen molar-refractivity contribution in [2.45, 2.75) is 31.3 Å². The Labute approximate surface area is 161 Å². The third-order valence-electron chi connectivity index (χ3n) is 6.35. The number of H-pyrrole nitrogens is 1. The Morgan fingerprint density at radius 3 is 2.93 bits per heavy atom. The zero-order chi connectivity index (χ0) is 18.8. The highest BCUT2D eigenvalue weighted by atomic mass is 16.4. The predicted octanol–water partition coefficient (Wildman–Crippen LogP) is 5.12. The monoisotopic (exact) mass is 369 g/mol. The fourth-order valence-electron chi connectivity index (χ4n) is 5.18. The molecule has 4 aromatic rings. The van der Waals surface area contributed by atoms with Crippen LogP contribution in [0.15, 0.2) is 54.7 Å². The molecule has 1 fully saturated rings. The Morgan fingerprint density at radius 2 is 2.04 bits per heavy atom. The number of benzene rings is 2. The number of carboxylic acid groups (broad SMARTS) is 1. The van der Waals surface area contributed by atoms with Gasteiger partial charge in [-0.15, -0.1) is 0 Å². The molecule has 2 aliphatic heterocycles. The average molecular weight is 369 g/mol. The van der Waals surface area contributed by atoms with Crippen LogP contribution in [0.5, 0.6) is 0 Å². The number of hydrogen-bond donors (Lipinski definition) is 2. The summed E-state index contributed by atoms with van der Waals surface area (Å²) in [4.78, 5) is 21.7. The predicted molar refractivity (Wildman–Crippen MR) is 108 cm³/mol. The first-order valence-electron chi connectivity index (χ1n) is 9.70. The van der Waals surface area contributed by atoms with Gasteiger partial charge >= 0.3 is 6.09 Å². The fraction of sp³-hybridized carbons (Fsp3) is 0.217. The maximum Gasteiger partial charge on any atom is 0.408 e. The van der Waals surface area contributed by atoms with Crippen LogP contribution >= 0.6 is 0 Å². The summed E-state index contributed by atoms with van der Waals surface area (Å²) in [6.07, 6.45) is 3.73. The molecule has 4 heterocycles. The molecule has 138 valence electrons. The molecular weight excluding hydrogens is 350 g/mol. The normalized spacial score (nSPS) is 20.6. The highest BCUT2D eigenvalue weighted by Crippen LogP contribution is 2.47. The van der Waals surface area contributed by atoms with Crippen LogP contribution in [-0.2, 0) is 6.42 Å². The van der Waals surface area contributed by atoms with E-state index >= 15 is 0 Å². The second-order valence-corrected chi connectivity index (χ2v) is 7.80. The van der Waals surface area contributed by atoms with Crippen molar-refractivity contribution in [3.05, 3.63) is 66.0 Å². The maximum atomic E-state index is 11.8. The largest absolute Gasteiger partial charge is 0.465 e. The number of carbonyl (C=O) groups is 1. The van der Waals surface area contributed by atoms with E-state index in [2.05, 4.69) is 40.3 Å². The van der Waals surface area contributed by atoms with Crippen molar-refractivity contribution < 1.29 is 9.90 Å². The van der Waals surface area contributed by atoms with Gasteiger partial charge in [0.05, 0.1) is 17.1 Å². The first kappa shape index (κ1) is 15.7. The van der Waals surface area contributed by atoms with Gasteiger partial charge in [-0.05, 0) is 25.0 Å². The van der Waals surface area contributed by atoms with Gasteiger partial charge < -0.3 is 10.1 Å². The summed E-state index contributed by atoms with van der Waals surface area (Å²) in [7, 11) is 0. The standard InChI is InChI=1S/C23H19N3O2/c27-23(28)26-15-8-9-20(26)21-17-6-3-5-16(22(17)25-19(21)11-15)14-10-13-4-1-2-7-18(13)24-12-14/h1-7,10,12,15,20,25H,8-9,11H2,(H,27,28). The van der Waals surface area contributed by atoms with Gasteiger partial charge in [0.25, 0.3) is 0 Å². The van der Waals surface area contributed by atoms with E-state index in [1.165, 1.54) is 11.3 Å². The third kappa shape index (κ3) is 2.07. The number of aromatic amines is 1. The van der Waals surface area contributed by atoms with Gasteiger partial charge in [0.1, 0.15) is 0 Å². The van der Waals surface area contributed by atoms with E-state index in [0.29, 0.717) is 0 Å². The molecule has 1 saturated heterocycles. The zero-order valence-corrected chi connectivity index (χ0v) is 15.2. The summed E-state index contributed by atoms with van der Waals surface area (Å²) in [6.45, 7) is 0. The lowest BCUT2D eigenvalue weighted by Crippen LogP contribution is -2.40. The quantitative estimate of drug-likeness (QED) is 0.489. The van der Waals surface area contributed by atoms with E-state index in [-0.39, 0.29) is 12.1 Å². The van der Waals surface area contributed by atoms with Gasteiger partial charge in [-0.25, -0.2) is 4.79 Å². The smallest absolute Gasteiger partial charge is 0.408 e. The third-order valence-corrected chi connectivity index (χ3v) is 6.35. The number of hydrogen-bond acceptors (Lipinski definition) is 2. The second-order valence-electron chi connectivity index (χ2n) is 7.80. The van der Waals surface area contributed by atoms with Crippen LogP contribution in [0.2, 0.25) is 0 Å². The SMILES string of the molecule is O=C(O)N1C2CCC1c1c([nH]c3c(-c4cnc5ccccc5c4)cccc13)C2. The van der Waals surface area contributed by atoms with Crippen LogP contribution in [0, 0.1) is 0 Å². The van der Waals surface area contributed by atoms with Crippen molar-refractivity contribution >= 4 is 27.9 Å². The Bertz CT molecular complexity index is 1260. The van der Waals surface area contributed by atoms with Crippen molar-refractivity contribution in [1.82, 2.24) is 14.9 Å². The van der Waals surface area contributed by atoms with Crippen LogP contribution < -0.4 is 0 Å². The molecule has 2 atom stereocenters. The number of para-hydroxylation sites is 2. The first-order valence-corrected chi connectivity index (χ1v) is 9.70. The van der Waals surface area contributed by atoms with Crippen molar-refractivity contribution in [1.29, 1.82) is 0 Å². The first-order chi connectivity index (χ1) is 13.7. The van der Waals surface area contributed by atoms with Gasteiger partial charge in [-0.2, -0.15) is 0 Å². The molecule has 2 aliphatic rings. The van der Waals surface area contributed by atoms with E-state index in [4.69, 9.17) is 0 Å². The molecule has 5 nitrogen and oxygen atoms in total. The van der Waals surface area contributed by atoms with Crippen molar-refractivity contribution in [3.8, 4) is 11.1 Å². The van der Waals surface area contributed by atoms with Crippen LogP contribution in [-0.4, -0.2) is 32.1 Å². The molecule has 28 heavy (non-hydrogen) atoms. The number of rotatable bonds is 1. The molecule has 2 aromatic heterocycles. The van der Waals surface area contributed by atoms with Gasteiger partial charge in [0.15, 0.2) is 0 Å². The van der Waals surface area contributed by atoms with Crippen LogP contribution in [0.25, 0.3) is 32.9 Å². The molecule has 0 radical (unpaired) electrons. The Hall–Kier alpha value is -3.34. The summed E-state index contributed by atoms with van der Waals surface area (Å²) in [5, 5.41) is 11.9.